The summed E-state index contributed by atoms with van der Waals surface area (Å²) in [4.78, 5) is 3.98. The van der Waals surface area contributed by atoms with Crippen molar-refractivity contribution in [3.8, 4) is 0 Å². The molecule has 2 aliphatic rings. The fourth-order valence-corrected chi connectivity index (χ4v) is 5.19. The molecule has 2 aromatic rings. The summed E-state index contributed by atoms with van der Waals surface area (Å²) in [5.74, 6) is -0.427. The van der Waals surface area contributed by atoms with Crippen molar-refractivity contribution in [1.82, 2.24) is 15.5 Å². The van der Waals surface area contributed by atoms with Crippen LogP contribution in [-0.2, 0) is 9.84 Å². The van der Waals surface area contributed by atoms with E-state index in [-0.39, 0.29) is 5.75 Å². The molecule has 4 rings (SSSR count). The summed E-state index contributed by atoms with van der Waals surface area (Å²) in [7, 11) is -3.33. The summed E-state index contributed by atoms with van der Waals surface area (Å²) in [5.41, 5.74) is 3.59. The molecule has 2 aliphatic heterocycles. The fraction of sp³-hybridized carbons (Fsp3) is 0.250. The molecule has 0 bridgehead atoms. The lowest BCUT2D eigenvalue weighted by Crippen LogP contribution is -2.24. The quantitative estimate of drug-likeness (QED) is 0.789. The van der Waals surface area contributed by atoms with Gasteiger partial charge in [-0.25, -0.2) is 13.3 Å². The molecule has 0 spiro atoms. The lowest BCUT2D eigenvalue weighted by atomic mass is 9.90. The molecule has 7 heteroatoms. The molecule has 1 unspecified atom stereocenters. The average molecular weight is 326 g/mol. The van der Waals surface area contributed by atoms with Crippen LogP contribution in [0.3, 0.4) is 0 Å². The molecule has 0 amide bonds. The summed E-state index contributed by atoms with van der Waals surface area (Å²) >= 11 is 0. The molecule has 0 radical (unpaired) electrons. The molecule has 0 saturated heterocycles. The Labute approximate surface area is 133 Å². The van der Waals surface area contributed by atoms with Crippen molar-refractivity contribution in [2.75, 3.05) is 5.75 Å². The summed E-state index contributed by atoms with van der Waals surface area (Å²) in [6, 6.07) is 5.65. The van der Waals surface area contributed by atoms with Crippen LogP contribution in [0.25, 0.3) is 15.7 Å². The maximum Gasteiger partial charge on any atom is 0.196 e. The third kappa shape index (κ3) is 1.99. The Bertz CT molecular complexity index is 1040. The number of hydrogen-bond donors (Lipinski definition) is 2. The van der Waals surface area contributed by atoms with Crippen molar-refractivity contribution in [3.05, 3.63) is 63.4 Å². The molecule has 0 fully saturated rings. The Balaban J connectivity index is 1.97. The molecule has 6 nitrogen and oxygen atoms in total. The van der Waals surface area contributed by atoms with E-state index in [9.17, 15) is 8.42 Å². The zero-order valence-electron chi connectivity index (χ0n) is 12.4. The predicted octanol–water partition coefficient (Wildman–Crippen LogP) is 2.43. The first-order valence-corrected chi connectivity index (χ1v) is 8.90. The highest BCUT2D eigenvalue weighted by Gasteiger charge is 2.41. The molecule has 0 saturated carbocycles. The molecule has 23 heavy (non-hydrogen) atoms. The number of sulfone groups is 1. The highest BCUT2D eigenvalue weighted by atomic mass is 32.2. The monoisotopic (exact) mass is 326 g/mol. The number of rotatable bonds is 1. The second kappa shape index (κ2) is 4.70. The Hall–Kier alpha value is -2.59. The largest absolute Gasteiger partial charge is 0.372 e. The lowest BCUT2D eigenvalue weighted by molar-refractivity contribution is 0.602. The van der Waals surface area contributed by atoms with Crippen molar-refractivity contribution in [2.45, 2.75) is 19.3 Å². The Morgan fingerprint density at radius 1 is 1.39 bits per heavy atom. The predicted molar refractivity (Wildman–Crippen MR) is 86.7 cm³/mol. The van der Waals surface area contributed by atoms with Crippen LogP contribution in [0.15, 0.2) is 46.4 Å². The standard InChI is InChI=1S/C16H14N4O2S/c1-9-15(17-2)14(16-13(19-9)5-6-23(16,21)22)10-3-4-12-11(7-10)8-18-20-12/h3-4,7-8,14,19H,5-6H2,1H3,(H,18,20). The van der Waals surface area contributed by atoms with Gasteiger partial charge in [-0.1, -0.05) is 6.07 Å². The number of nitrogens with zero attached hydrogens (tertiary/aromatic N) is 2. The normalized spacial score (nSPS) is 22.9. The molecule has 0 aliphatic carbocycles. The van der Waals surface area contributed by atoms with Crippen LogP contribution >= 0.6 is 0 Å². The third-order valence-electron chi connectivity index (χ3n) is 4.43. The average Bonchev–Trinajstić information content (AvgIpc) is 3.10. The minimum atomic E-state index is -3.33. The number of allylic oxidation sites excluding steroid dienone is 3. The fourth-order valence-electron chi connectivity index (χ4n) is 3.36. The van der Waals surface area contributed by atoms with Gasteiger partial charge >= 0.3 is 0 Å². The van der Waals surface area contributed by atoms with Crippen LogP contribution in [0.2, 0.25) is 0 Å². The van der Waals surface area contributed by atoms with Crippen LogP contribution < -0.4 is 5.32 Å². The second-order valence-electron chi connectivity index (χ2n) is 5.81. The van der Waals surface area contributed by atoms with Gasteiger partial charge in [0.2, 0.25) is 0 Å². The van der Waals surface area contributed by atoms with E-state index < -0.39 is 15.8 Å². The van der Waals surface area contributed by atoms with E-state index in [2.05, 4.69) is 20.4 Å². The van der Waals surface area contributed by atoms with E-state index in [1.165, 1.54) is 0 Å². The maximum atomic E-state index is 12.5. The van der Waals surface area contributed by atoms with Crippen molar-refractivity contribution < 1.29 is 8.42 Å². The van der Waals surface area contributed by atoms with Crippen molar-refractivity contribution in [2.24, 2.45) is 0 Å². The van der Waals surface area contributed by atoms with Crippen molar-refractivity contribution in [3.63, 3.8) is 0 Å². The van der Waals surface area contributed by atoms with Gasteiger partial charge in [-0.15, -0.1) is 0 Å². The first-order valence-electron chi connectivity index (χ1n) is 7.25. The molecule has 1 aromatic carbocycles. The van der Waals surface area contributed by atoms with E-state index in [1.807, 2.05) is 25.1 Å². The summed E-state index contributed by atoms with van der Waals surface area (Å²) < 4.78 is 25.0. The number of benzene rings is 1. The van der Waals surface area contributed by atoms with Crippen LogP contribution in [0.5, 0.6) is 0 Å². The number of fused-ring (bicyclic) bond motifs is 1. The third-order valence-corrected chi connectivity index (χ3v) is 6.32. The van der Waals surface area contributed by atoms with Gasteiger partial charge in [-0.2, -0.15) is 5.10 Å². The number of dihydropyridines is 1. The van der Waals surface area contributed by atoms with Gasteiger partial charge in [0, 0.05) is 23.2 Å². The number of aromatic amines is 1. The molecule has 2 N–H and O–H groups in total. The number of nitrogens with one attached hydrogen (secondary N) is 2. The van der Waals surface area contributed by atoms with E-state index in [4.69, 9.17) is 6.57 Å². The minimum absolute atomic E-state index is 0.105. The first-order chi connectivity index (χ1) is 11.0. The smallest absolute Gasteiger partial charge is 0.196 e. The van der Waals surface area contributed by atoms with Gasteiger partial charge in [0.25, 0.3) is 0 Å². The van der Waals surface area contributed by atoms with Crippen LogP contribution in [-0.4, -0.2) is 24.4 Å². The molecule has 116 valence electrons. The number of H-pyrrole nitrogens is 1. The zero-order chi connectivity index (χ0) is 16.2. The zero-order valence-corrected chi connectivity index (χ0v) is 13.2. The first kappa shape index (κ1) is 14.0. The van der Waals surface area contributed by atoms with Gasteiger partial charge in [0.05, 0.1) is 34.9 Å². The van der Waals surface area contributed by atoms with E-state index >= 15 is 0 Å². The second-order valence-corrected chi connectivity index (χ2v) is 7.89. The highest BCUT2D eigenvalue weighted by molar-refractivity contribution is 7.95. The number of aromatic nitrogens is 2. The van der Waals surface area contributed by atoms with Gasteiger partial charge in [-0.3, -0.25) is 5.10 Å². The van der Waals surface area contributed by atoms with Gasteiger partial charge in [-0.05, 0) is 24.6 Å². The van der Waals surface area contributed by atoms with Gasteiger partial charge < -0.3 is 5.32 Å². The van der Waals surface area contributed by atoms with Crippen molar-refractivity contribution >= 4 is 20.7 Å². The SMILES string of the molecule is [C-]#[N+]C1=C(C)NC2=C(C1c1ccc3[nH]ncc3c1)S(=O)(=O)CC2. The summed E-state index contributed by atoms with van der Waals surface area (Å²) in [6.45, 7) is 9.34. The van der Waals surface area contributed by atoms with Gasteiger partial charge in [0.1, 0.15) is 0 Å². The minimum Gasteiger partial charge on any atom is -0.372 e. The molecular formula is C16H14N4O2S. The lowest BCUT2D eigenvalue weighted by Gasteiger charge is -2.26. The van der Waals surface area contributed by atoms with E-state index in [0.29, 0.717) is 17.0 Å². The van der Waals surface area contributed by atoms with E-state index in [1.54, 1.807) is 6.20 Å². The molecule has 1 aromatic heterocycles. The Morgan fingerprint density at radius 2 is 2.22 bits per heavy atom. The highest BCUT2D eigenvalue weighted by Crippen LogP contribution is 2.45. The van der Waals surface area contributed by atoms with Crippen LogP contribution in [0.1, 0.15) is 24.8 Å². The van der Waals surface area contributed by atoms with Crippen LogP contribution in [0, 0.1) is 6.57 Å². The summed E-state index contributed by atoms with van der Waals surface area (Å²) in [6.07, 6.45) is 2.18. The van der Waals surface area contributed by atoms with Crippen molar-refractivity contribution in [1.29, 1.82) is 0 Å². The molecular weight excluding hydrogens is 312 g/mol. The molecule has 1 atom stereocenters. The van der Waals surface area contributed by atoms with Gasteiger partial charge in [0.15, 0.2) is 15.5 Å². The Morgan fingerprint density at radius 3 is 3.00 bits per heavy atom. The summed E-state index contributed by atoms with van der Waals surface area (Å²) in [5, 5.41) is 10.9. The molecule has 3 heterocycles. The van der Waals surface area contributed by atoms with Crippen LogP contribution in [0.4, 0.5) is 0 Å². The Kier molecular flexibility index (Phi) is 2.87. The maximum absolute atomic E-state index is 12.5. The number of hydrogen-bond acceptors (Lipinski definition) is 4. The van der Waals surface area contributed by atoms with E-state index in [0.717, 1.165) is 27.9 Å². The topological polar surface area (TPSA) is 79.2 Å².